The number of hydrogen-bond donors (Lipinski definition) is 1. The maximum absolute atomic E-state index is 11.3. The lowest BCUT2D eigenvalue weighted by Gasteiger charge is -2.13. The van der Waals surface area contributed by atoms with E-state index in [0.717, 1.165) is 36.6 Å². The van der Waals surface area contributed by atoms with E-state index >= 15 is 0 Å². The number of hydrogen-bond acceptors (Lipinski definition) is 3. The average Bonchev–Trinajstić information content (AvgIpc) is 2.76. The molecule has 1 fully saturated rings. The molecule has 0 aliphatic carbocycles. The maximum atomic E-state index is 11.3. The van der Waals surface area contributed by atoms with Gasteiger partial charge in [-0.3, -0.25) is 4.79 Å². The molecule has 1 aromatic rings. The van der Waals surface area contributed by atoms with Crippen molar-refractivity contribution in [2.75, 3.05) is 25.4 Å². The summed E-state index contributed by atoms with van der Waals surface area (Å²) in [4.78, 5) is 24.8. The minimum atomic E-state index is 0.0206. The standard InChI is InChI=1S/C12H14N2O2S/c15-9-10-2-1-3-11(8-10)17-7-6-14-5-4-13-12(14)16/h1-3,8-9H,4-7H2,(H,13,16). The maximum Gasteiger partial charge on any atom is 0.317 e. The monoisotopic (exact) mass is 250 g/mol. The number of carbonyl (C=O) groups excluding carboxylic acids is 2. The van der Waals surface area contributed by atoms with Gasteiger partial charge in [0.15, 0.2) is 0 Å². The number of carbonyl (C=O) groups is 2. The van der Waals surface area contributed by atoms with Crippen LogP contribution in [-0.2, 0) is 0 Å². The molecule has 2 amide bonds. The largest absolute Gasteiger partial charge is 0.336 e. The molecule has 0 atom stereocenters. The molecule has 0 radical (unpaired) electrons. The summed E-state index contributed by atoms with van der Waals surface area (Å²) < 4.78 is 0. The van der Waals surface area contributed by atoms with Crippen LogP contribution in [0.4, 0.5) is 4.79 Å². The Morgan fingerprint density at radius 3 is 3.06 bits per heavy atom. The van der Waals surface area contributed by atoms with Crippen molar-refractivity contribution < 1.29 is 9.59 Å². The number of urea groups is 1. The highest BCUT2D eigenvalue weighted by atomic mass is 32.2. The van der Waals surface area contributed by atoms with E-state index in [1.807, 2.05) is 18.2 Å². The molecule has 1 N–H and O–H groups in total. The van der Waals surface area contributed by atoms with Crippen LogP contribution in [0, 0.1) is 0 Å². The molecule has 1 heterocycles. The van der Waals surface area contributed by atoms with Crippen molar-refractivity contribution >= 4 is 24.1 Å². The molecular weight excluding hydrogens is 236 g/mol. The number of rotatable bonds is 5. The van der Waals surface area contributed by atoms with Crippen molar-refractivity contribution in [3.63, 3.8) is 0 Å². The fraction of sp³-hybridized carbons (Fsp3) is 0.333. The molecule has 4 nitrogen and oxygen atoms in total. The lowest BCUT2D eigenvalue weighted by molar-refractivity contribution is 0.112. The van der Waals surface area contributed by atoms with E-state index in [4.69, 9.17) is 0 Å². The first kappa shape index (κ1) is 12.0. The first-order chi connectivity index (χ1) is 8.29. The molecule has 17 heavy (non-hydrogen) atoms. The molecule has 90 valence electrons. The molecule has 1 aliphatic rings. The van der Waals surface area contributed by atoms with Gasteiger partial charge in [-0.05, 0) is 12.1 Å². The lowest BCUT2D eigenvalue weighted by atomic mass is 10.2. The van der Waals surface area contributed by atoms with E-state index in [1.54, 1.807) is 22.7 Å². The van der Waals surface area contributed by atoms with Crippen molar-refractivity contribution in [2.45, 2.75) is 4.90 Å². The van der Waals surface area contributed by atoms with Gasteiger partial charge in [-0.25, -0.2) is 4.79 Å². The Balaban J connectivity index is 1.81. The van der Waals surface area contributed by atoms with Gasteiger partial charge in [-0.1, -0.05) is 12.1 Å². The van der Waals surface area contributed by atoms with E-state index in [2.05, 4.69) is 5.32 Å². The van der Waals surface area contributed by atoms with Crippen LogP contribution in [0.2, 0.25) is 0 Å². The van der Waals surface area contributed by atoms with Crippen molar-refractivity contribution in [3.8, 4) is 0 Å². The van der Waals surface area contributed by atoms with E-state index in [-0.39, 0.29) is 6.03 Å². The summed E-state index contributed by atoms with van der Waals surface area (Å²) in [5, 5.41) is 2.77. The predicted molar refractivity (Wildman–Crippen MR) is 67.5 cm³/mol. The summed E-state index contributed by atoms with van der Waals surface area (Å²) in [5.41, 5.74) is 0.689. The summed E-state index contributed by atoms with van der Waals surface area (Å²) in [7, 11) is 0. The Bertz CT molecular complexity index is 423. The van der Waals surface area contributed by atoms with Crippen molar-refractivity contribution in [3.05, 3.63) is 29.8 Å². The van der Waals surface area contributed by atoms with Crippen molar-refractivity contribution in [1.29, 1.82) is 0 Å². The molecule has 2 rings (SSSR count). The second-order valence-electron chi connectivity index (χ2n) is 3.76. The first-order valence-corrected chi connectivity index (χ1v) is 6.49. The highest BCUT2D eigenvalue weighted by Crippen LogP contribution is 2.18. The number of aldehydes is 1. The molecule has 0 aromatic heterocycles. The molecule has 0 saturated carbocycles. The zero-order chi connectivity index (χ0) is 12.1. The van der Waals surface area contributed by atoms with Crippen LogP contribution >= 0.6 is 11.8 Å². The molecular formula is C12H14N2O2S. The summed E-state index contributed by atoms with van der Waals surface area (Å²) in [6.45, 7) is 2.26. The molecule has 1 aliphatic heterocycles. The SMILES string of the molecule is O=Cc1cccc(SCCN2CCNC2=O)c1. The highest BCUT2D eigenvalue weighted by Gasteiger charge is 2.18. The topological polar surface area (TPSA) is 49.4 Å². The molecule has 5 heteroatoms. The van der Waals surface area contributed by atoms with Crippen LogP contribution in [0.25, 0.3) is 0 Å². The second kappa shape index (κ2) is 5.72. The molecule has 0 spiro atoms. The number of nitrogens with one attached hydrogen (secondary N) is 1. The van der Waals surface area contributed by atoms with Gasteiger partial charge in [0.1, 0.15) is 6.29 Å². The Kier molecular flexibility index (Phi) is 4.03. The fourth-order valence-electron chi connectivity index (χ4n) is 1.68. The van der Waals surface area contributed by atoms with Crippen molar-refractivity contribution in [1.82, 2.24) is 10.2 Å². The Hall–Kier alpha value is -1.49. The Labute approximate surface area is 104 Å². The number of benzene rings is 1. The van der Waals surface area contributed by atoms with E-state index in [1.165, 1.54) is 0 Å². The number of thioether (sulfide) groups is 1. The van der Waals surface area contributed by atoms with Crippen LogP contribution < -0.4 is 5.32 Å². The Morgan fingerprint density at radius 1 is 1.47 bits per heavy atom. The van der Waals surface area contributed by atoms with Gasteiger partial charge >= 0.3 is 6.03 Å². The van der Waals surface area contributed by atoms with Crippen LogP contribution in [0.15, 0.2) is 29.2 Å². The van der Waals surface area contributed by atoms with E-state index in [9.17, 15) is 9.59 Å². The van der Waals surface area contributed by atoms with Crippen LogP contribution in [0.3, 0.4) is 0 Å². The third kappa shape index (κ3) is 3.23. The summed E-state index contributed by atoms with van der Waals surface area (Å²) in [6.07, 6.45) is 0.845. The highest BCUT2D eigenvalue weighted by molar-refractivity contribution is 7.99. The van der Waals surface area contributed by atoms with Crippen molar-refractivity contribution in [2.24, 2.45) is 0 Å². The Morgan fingerprint density at radius 2 is 2.35 bits per heavy atom. The van der Waals surface area contributed by atoms with E-state index < -0.39 is 0 Å². The summed E-state index contributed by atoms with van der Waals surface area (Å²) >= 11 is 1.66. The third-order valence-corrected chi connectivity index (χ3v) is 3.54. The van der Waals surface area contributed by atoms with E-state index in [0.29, 0.717) is 5.56 Å². The molecule has 0 unspecified atom stereocenters. The molecule has 1 aromatic carbocycles. The smallest absolute Gasteiger partial charge is 0.317 e. The predicted octanol–water partition coefficient (Wildman–Crippen LogP) is 1.62. The average molecular weight is 250 g/mol. The van der Waals surface area contributed by atoms with Gasteiger partial charge in [-0.2, -0.15) is 0 Å². The van der Waals surface area contributed by atoms with Crippen LogP contribution in [-0.4, -0.2) is 42.6 Å². The minimum Gasteiger partial charge on any atom is -0.336 e. The zero-order valence-corrected chi connectivity index (χ0v) is 10.2. The summed E-state index contributed by atoms with van der Waals surface area (Å²) in [6, 6.07) is 7.51. The van der Waals surface area contributed by atoms with Gasteiger partial charge in [0.25, 0.3) is 0 Å². The first-order valence-electron chi connectivity index (χ1n) is 5.50. The third-order valence-electron chi connectivity index (χ3n) is 2.57. The lowest BCUT2D eigenvalue weighted by Crippen LogP contribution is -2.30. The van der Waals surface area contributed by atoms with Gasteiger partial charge in [0.2, 0.25) is 0 Å². The number of nitrogens with zero attached hydrogens (tertiary/aromatic N) is 1. The second-order valence-corrected chi connectivity index (χ2v) is 4.93. The summed E-state index contributed by atoms with van der Waals surface area (Å²) in [5.74, 6) is 0.843. The van der Waals surface area contributed by atoms with Crippen LogP contribution in [0.1, 0.15) is 10.4 Å². The quantitative estimate of drug-likeness (QED) is 0.638. The zero-order valence-electron chi connectivity index (χ0n) is 9.39. The minimum absolute atomic E-state index is 0.0206. The fourth-order valence-corrected chi connectivity index (χ4v) is 2.62. The van der Waals surface area contributed by atoms with Gasteiger partial charge < -0.3 is 10.2 Å². The van der Waals surface area contributed by atoms with Gasteiger partial charge in [-0.15, -0.1) is 11.8 Å². The van der Waals surface area contributed by atoms with Crippen LogP contribution in [0.5, 0.6) is 0 Å². The van der Waals surface area contributed by atoms with Gasteiger partial charge in [0.05, 0.1) is 0 Å². The normalized spacial score (nSPS) is 14.8. The molecule has 1 saturated heterocycles. The number of amides is 2. The van der Waals surface area contributed by atoms with Gasteiger partial charge in [0, 0.05) is 35.8 Å². The molecule has 0 bridgehead atoms.